The monoisotopic (exact) mass is 310 g/mol. The molecule has 2 rings (SSSR count). The maximum absolute atomic E-state index is 11.5. The van der Waals surface area contributed by atoms with Gasteiger partial charge < -0.3 is 15.0 Å². The third-order valence-electron chi connectivity index (χ3n) is 3.15. The van der Waals surface area contributed by atoms with E-state index >= 15 is 0 Å². The number of pyridine rings is 1. The third kappa shape index (κ3) is 4.71. The standard InChI is InChI=1S/C17H18N4O2/c1-21(2)16(22)12-23-15-7-3-5-13(9-15)11-20-17-14(10-18)6-4-8-19-17/h3-9H,11-12H2,1-2H3,(H,19,20). The van der Waals surface area contributed by atoms with Crippen molar-refractivity contribution in [1.82, 2.24) is 9.88 Å². The van der Waals surface area contributed by atoms with Gasteiger partial charge in [0.2, 0.25) is 0 Å². The summed E-state index contributed by atoms with van der Waals surface area (Å²) in [6.07, 6.45) is 1.63. The van der Waals surface area contributed by atoms with E-state index in [0.29, 0.717) is 23.7 Å². The number of benzene rings is 1. The average molecular weight is 310 g/mol. The zero-order valence-electron chi connectivity index (χ0n) is 13.1. The van der Waals surface area contributed by atoms with Crippen molar-refractivity contribution in [2.24, 2.45) is 0 Å². The van der Waals surface area contributed by atoms with E-state index in [0.717, 1.165) is 5.56 Å². The summed E-state index contributed by atoms with van der Waals surface area (Å²) in [5.74, 6) is 1.07. The molecular weight excluding hydrogens is 292 g/mol. The minimum atomic E-state index is -0.0966. The van der Waals surface area contributed by atoms with Crippen molar-refractivity contribution in [1.29, 1.82) is 5.26 Å². The number of nitrogens with zero attached hydrogens (tertiary/aromatic N) is 3. The van der Waals surface area contributed by atoms with Crippen molar-refractivity contribution in [2.75, 3.05) is 26.0 Å². The van der Waals surface area contributed by atoms with E-state index in [-0.39, 0.29) is 12.5 Å². The number of hydrogen-bond donors (Lipinski definition) is 1. The summed E-state index contributed by atoms with van der Waals surface area (Å²) in [7, 11) is 3.37. The Morgan fingerprint density at radius 1 is 1.35 bits per heavy atom. The molecule has 0 aliphatic rings. The van der Waals surface area contributed by atoms with E-state index in [1.54, 1.807) is 38.5 Å². The van der Waals surface area contributed by atoms with Crippen LogP contribution in [0.1, 0.15) is 11.1 Å². The molecule has 6 heteroatoms. The van der Waals surface area contributed by atoms with Crippen LogP contribution < -0.4 is 10.1 Å². The number of anilines is 1. The molecule has 1 aromatic heterocycles. The second-order valence-corrected chi connectivity index (χ2v) is 5.09. The Morgan fingerprint density at radius 3 is 2.91 bits per heavy atom. The van der Waals surface area contributed by atoms with Gasteiger partial charge in [0.15, 0.2) is 6.61 Å². The Hall–Kier alpha value is -3.07. The molecule has 1 amide bonds. The van der Waals surface area contributed by atoms with Crippen LogP contribution in [0.3, 0.4) is 0 Å². The van der Waals surface area contributed by atoms with Gasteiger partial charge in [-0.3, -0.25) is 4.79 Å². The van der Waals surface area contributed by atoms with Gasteiger partial charge in [0.05, 0.1) is 5.56 Å². The molecule has 118 valence electrons. The average Bonchev–Trinajstić information content (AvgIpc) is 2.58. The second-order valence-electron chi connectivity index (χ2n) is 5.09. The molecule has 0 unspecified atom stereocenters. The van der Waals surface area contributed by atoms with Gasteiger partial charge in [-0.1, -0.05) is 12.1 Å². The van der Waals surface area contributed by atoms with Crippen LogP contribution in [0, 0.1) is 11.3 Å². The number of nitriles is 1. The Kier molecular flexibility index (Phi) is 5.53. The van der Waals surface area contributed by atoms with Crippen molar-refractivity contribution >= 4 is 11.7 Å². The predicted molar refractivity (Wildman–Crippen MR) is 86.9 cm³/mol. The molecule has 1 N–H and O–H groups in total. The SMILES string of the molecule is CN(C)C(=O)COc1cccc(CNc2ncccc2C#N)c1. The Balaban J connectivity index is 1.97. The van der Waals surface area contributed by atoms with E-state index in [1.165, 1.54) is 4.90 Å². The molecule has 0 aliphatic carbocycles. The lowest BCUT2D eigenvalue weighted by molar-refractivity contribution is -0.130. The van der Waals surface area contributed by atoms with Crippen molar-refractivity contribution in [3.8, 4) is 11.8 Å². The van der Waals surface area contributed by atoms with Crippen LogP contribution in [0.15, 0.2) is 42.6 Å². The van der Waals surface area contributed by atoms with Crippen LogP contribution >= 0.6 is 0 Å². The Bertz CT molecular complexity index is 723. The molecule has 0 radical (unpaired) electrons. The molecule has 1 heterocycles. The van der Waals surface area contributed by atoms with Crippen LogP contribution in [0.25, 0.3) is 0 Å². The normalized spacial score (nSPS) is 9.78. The van der Waals surface area contributed by atoms with Gasteiger partial charge in [0.25, 0.3) is 5.91 Å². The highest BCUT2D eigenvalue weighted by atomic mass is 16.5. The maximum atomic E-state index is 11.5. The van der Waals surface area contributed by atoms with Crippen LogP contribution in [0.4, 0.5) is 5.82 Å². The molecule has 0 atom stereocenters. The molecule has 0 saturated carbocycles. The van der Waals surface area contributed by atoms with E-state index in [9.17, 15) is 4.79 Å². The highest BCUT2D eigenvalue weighted by Gasteiger charge is 2.06. The lowest BCUT2D eigenvalue weighted by Gasteiger charge is -2.12. The first-order chi connectivity index (χ1) is 11.1. The minimum absolute atomic E-state index is 0.00268. The summed E-state index contributed by atoms with van der Waals surface area (Å²) in [5.41, 5.74) is 1.46. The van der Waals surface area contributed by atoms with Crippen molar-refractivity contribution in [3.05, 3.63) is 53.7 Å². The van der Waals surface area contributed by atoms with Gasteiger partial charge in [-0.2, -0.15) is 5.26 Å². The fourth-order valence-corrected chi connectivity index (χ4v) is 1.84. The van der Waals surface area contributed by atoms with E-state index in [2.05, 4.69) is 16.4 Å². The number of carbonyl (C=O) groups excluding carboxylic acids is 1. The van der Waals surface area contributed by atoms with Crippen molar-refractivity contribution < 1.29 is 9.53 Å². The molecule has 0 spiro atoms. The number of aromatic nitrogens is 1. The number of amides is 1. The smallest absolute Gasteiger partial charge is 0.259 e. The number of hydrogen-bond acceptors (Lipinski definition) is 5. The molecule has 1 aromatic carbocycles. The molecule has 6 nitrogen and oxygen atoms in total. The first kappa shape index (κ1) is 16.3. The summed E-state index contributed by atoms with van der Waals surface area (Å²) in [6, 6.07) is 13.0. The summed E-state index contributed by atoms with van der Waals surface area (Å²) in [4.78, 5) is 17.2. The number of ether oxygens (including phenoxy) is 1. The van der Waals surface area contributed by atoms with E-state index in [4.69, 9.17) is 10.00 Å². The molecule has 0 fully saturated rings. The van der Waals surface area contributed by atoms with Crippen LogP contribution in [-0.2, 0) is 11.3 Å². The molecule has 2 aromatic rings. The second kappa shape index (κ2) is 7.80. The molecule has 0 aliphatic heterocycles. The van der Waals surface area contributed by atoms with Gasteiger partial charge in [-0.05, 0) is 29.8 Å². The van der Waals surface area contributed by atoms with Crippen molar-refractivity contribution in [3.63, 3.8) is 0 Å². The molecular formula is C17H18N4O2. The number of nitrogens with one attached hydrogen (secondary N) is 1. The fraction of sp³-hybridized carbons (Fsp3) is 0.235. The van der Waals surface area contributed by atoms with Gasteiger partial charge in [0, 0.05) is 26.8 Å². The van der Waals surface area contributed by atoms with Gasteiger partial charge in [-0.15, -0.1) is 0 Å². The Morgan fingerprint density at radius 2 is 2.17 bits per heavy atom. The summed E-state index contributed by atoms with van der Waals surface area (Å²) < 4.78 is 5.48. The highest BCUT2D eigenvalue weighted by Crippen LogP contribution is 2.16. The summed E-state index contributed by atoms with van der Waals surface area (Å²) in [6.45, 7) is 0.507. The fourth-order valence-electron chi connectivity index (χ4n) is 1.84. The van der Waals surface area contributed by atoms with E-state index in [1.807, 2.05) is 18.2 Å². The van der Waals surface area contributed by atoms with Crippen LogP contribution in [0.2, 0.25) is 0 Å². The number of carbonyl (C=O) groups is 1. The lowest BCUT2D eigenvalue weighted by atomic mass is 10.2. The zero-order chi connectivity index (χ0) is 16.7. The maximum Gasteiger partial charge on any atom is 0.259 e. The first-order valence-electron chi connectivity index (χ1n) is 7.11. The predicted octanol–water partition coefficient (Wildman–Crippen LogP) is 2.03. The molecule has 0 saturated heterocycles. The number of rotatable bonds is 6. The quantitative estimate of drug-likeness (QED) is 0.883. The van der Waals surface area contributed by atoms with Gasteiger partial charge >= 0.3 is 0 Å². The zero-order valence-corrected chi connectivity index (χ0v) is 13.1. The molecule has 23 heavy (non-hydrogen) atoms. The topological polar surface area (TPSA) is 78.2 Å². The molecule has 0 bridgehead atoms. The largest absolute Gasteiger partial charge is 0.484 e. The lowest BCUT2D eigenvalue weighted by Crippen LogP contribution is -2.27. The third-order valence-corrected chi connectivity index (χ3v) is 3.15. The van der Waals surface area contributed by atoms with Crippen LogP contribution in [0.5, 0.6) is 5.75 Å². The summed E-state index contributed by atoms with van der Waals surface area (Å²) in [5, 5.41) is 12.2. The van der Waals surface area contributed by atoms with Gasteiger partial charge in [0.1, 0.15) is 17.6 Å². The van der Waals surface area contributed by atoms with E-state index < -0.39 is 0 Å². The number of likely N-dealkylation sites (N-methyl/N-ethyl adjacent to an activating group) is 1. The minimum Gasteiger partial charge on any atom is -0.484 e. The van der Waals surface area contributed by atoms with Crippen LogP contribution in [-0.4, -0.2) is 36.5 Å². The Labute approximate surface area is 135 Å². The summed E-state index contributed by atoms with van der Waals surface area (Å²) >= 11 is 0. The highest BCUT2D eigenvalue weighted by molar-refractivity contribution is 5.77. The first-order valence-corrected chi connectivity index (χ1v) is 7.11. The van der Waals surface area contributed by atoms with Gasteiger partial charge in [-0.25, -0.2) is 4.98 Å². The van der Waals surface area contributed by atoms with Crippen molar-refractivity contribution in [2.45, 2.75) is 6.54 Å².